The van der Waals surface area contributed by atoms with Crippen LogP contribution in [0.4, 0.5) is 10.5 Å². The van der Waals surface area contributed by atoms with Gasteiger partial charge in [0.15, 0.2) is 0 Å². The van der Waals surface area contributed by atoms with Crippen molar-refractivity contribution in [2.24, 2.45) is 0 Å². The third kappa shape index (κ3) is 4.45. The third-order valence-electron chi connectivity index (χ3n) is 1.92. The Morgan fingerprint density at radius 3 is 2.59 bits per heavy atom. The number of anilines is 1. The zero-order valence-corrected chi connectivity index (χ0v) is 9.46. The van der Waals surface area contributed by atoms with Gasteiger partial charge in [0, 0.05) is 6.54 Å². The lowest BCUT2D eigenvalue weighted by atomic mass is 10.4. The van der Waals surface area contributed by atoms with Crippen LogP contribution in [0.15, 0.2) is 18.7 Å². The Morgan fingerprint density at radius 1 is 1.41 bits per heavy atom. The minimum absolute atomic E-state index is 0.326. The molecule has 0 aliphatic heterocycles. The number of carbonyl (C=O) groups excluding carboxylic acids is 1. The number of hydrogen-bond donors (Lipinski definition) is 2. The molecule has 2 amide bonds. The van der Waals surface area contributed by atoms with E-state index in [0.29, 0.717) is 18.7 Å². The Labute approximate surface area is 98.5 Å². The summed E-state index contributed by atoms with van der Waals surface area (Å²) in [6.07, 6.45) is 4.91. The molecule has 0 saturated carbocycles. The van der Waals surface area contributed by atoms with E-state index in [1.165, 1.54) is 23.6 Å². The van der Waals surface area contributed by atoms with Crippen LogP contribution < -0.4 is 5.32 Å². The SMILES string of the molecule is CCCN(CC(=O)O)C(=O)Nc1cncnc1. The first kappa shape index (κ1) is 12.9. The van der Waals surface area contributed by atoms with Gasteiger partial charge in [-0.3, -0.25) is 4.79 Å². The molecule has 0 fully saturated rings. The average Bonchev–Trinajstić information content (AvgIpc) is 2.29. The van der Waals surface area contributed by atoms with Gasteiger partial charge in [-0.2, -0.15) is 0 Å². The Balaban J connectivity index is 2.62. The number of nitrogens with one attached hydrogen (secondary N) is 1. The summed E-state index contributed by atoms with van der Waals surface area (Å²) in [6, 6.07) is -0.468. The molecular formula is C10H14N4O3. The molecule has 0 saturated heterocycles. The van der Waals surface area contributed by atoms with Crippen molar-refractivity contribution >= 4 is 17.7 Å². The summed E-state index contributed by atoms with van der Waals surface area (Å²) >= 11 is 0. The number of aromatic nitrogens is 2. The summed E-state index contributed by atoms with van der Waals surface area (Å²) in [7, 11) is 0. The normalized spacial score (nSPS) is 9.71. The van der Waals surface area contributed by atoms with Gasteiger partial charge in [0.25, 0.3) is 0 Å². The van der Waals surface area contributed by atoms with Crippen molar-refractivity contribution in [1.82, 2.24) is 14.9 Å². The molecule has 17 heavy (non-hydrogen) atoms. The monoisotopic (exact) mass is 238 g/mol. The highest BCUT2D eigenvalue weighted by atomic mass is 16.4. The van der Waals surface area contributed by atoms with Crippen LogP contribution in [0.25, 0.3) is 0 Å². The fourth-order valence-corrected chi connectivity index (χ4v) is 1.25. The van der Waals surface area contributed by atoms with Crippen LogP contribution in [0.3, 0.4) is 0 Å². The standard InChI is InChI=1S/C10H14N4O3/c1-2-3-14(6-9(15)16)10(17)13-8-4-11-7-12-5-8/h4-5,7H,2-3,6H2,1H3,(H,13,17)(H,15,16). The van der Waals surface area contributed by atoms with Gasteiger partial charge in [-0.15, -0.1) is 0 Å². The molecule has 1 aromatic heterocycles. The second kappa shape index (κ2) is 6.41. The summed E-state index contributed by atoms with van der Waals surface area (Å²) in [5.41, 5.74) is 0.434. The molecule has 0 aliphatic carbocycles. The van der Waals surface area contributed by atoms with Crippen LogP contribution >= 0.6 is 0 Å². The van der Waals surface area contributed by atoms with Crippen LogP contribution in [0.2, 0.25) is 0 Å². The quantitative estimate of drug-likeness (QED) is 0.791. The minimum Gasteiger partial charge on any atom is -0.480 e. The van der Waals surface area contributed by atoms with E-state index >= 15 is 0 Å². The fourth-order valence-electron chi connectivity index (χ4n) is 1.25. The van der Waals surface area contributed by atoms with Crippen molar-refractivity contribution in [3.05, 3.63) is 18.7 Å². The molecular weight excluding hydrogens is 224 g/mol. The van der Waals surface area contributed by atoms with Gasteiger partial charge >= 0.3 is 12.0 Å². The lowest BCUT2D eigenvalue weighted by Crippen LogP contribution is -2.39. The van der Waals surface area contributed by atoms with E-state index in [9.17, 15) is 9.59 Å². The molecule has 0 unspecified atom stereocenters. The van der Waals surface area contributed by atoms with Gasteiger partial charge in [-0.05, 0) is 6.42 Å². The van der Waals surface area contributed by atoms with Crippen LogP contribution in [0.5, 0.6) is 0 Å². The summed E-state index contributed by atoms with van der Waals surface area (Å²) < 4.78 is 0. The maximum Gasteiger partial charge on any atom is 0.323 e. The molecule has 0 radical (unpaired) electrons. The topological polar surface area (TPSA) is 95.4 Å². The molecule has 1 heterocycles. The Hall–Kier alpha value is -2.18. The highest BCUT2D eigenvalue weighted by molar-refractivity contribution is 5.90. The average molecular weight is 238 g/mol. The molecule has 7 heteroatoms. The summed E-state index contributed by atoms with van der Waals surface area (Å²) in [5, 5.41) is 11.2. The van der Waals surface area contributed by atoms with E-state index in [4.69, 9.17) is 5.11 Å². The maximum absolute atomic E-state index is 11.7. The molecule has 0 spiro atoms. The molecule has 92 valence electrons. The van der Waals surface area contributed by atoms with Gasteiger partial charge < -0.3 is 15.3 Å². The number of nitrogens with zero attached hydrogens (tertiary/aromatic N) is 3. The molecule has 0 aliphatic rings. The lowest BCUT2D eigenvalue weighted by Gasteiger charge is -2.20. The predicted octanol–water partition coefficient (Wildman–Crippen LogP) is 0.805. The van der Waals surface area contributed by atoms with Crippen molar-refractivity contribution in [1.29, 1.82) is 0 Å². The highest BCUT2D eigenvalue weighted by Crippen LogP contribution is 2.03. The molecule has 0 atom stereocenters. The van der Waals surface area contributed by atoms with Gasteiger partial charge in [-0.1, -0.05) is 6.92 Å². The number of carbonyl (C=O) groups is 2. The van der Waals surface area contributed by atoms with Gasteiger partial charge in [-0.25, -0.2) is 14.8 Å². The number of aliphatic carboxylic acids is 1. The molecule has 7 nitrogen and oxygen atoms in total. The first-order valence-electron chi connectivity index (χ1n) is 5.16. The van der Waals surface area contributed by atoms with E-state index in [1.807, 2.05) is 6.92 Å². The summed E-state index contributed by atoms with van der Waals surface area (Å²) in [4.78, 5) is 31.0. The van der Waals surface area contributed by atoms with Crippen molar-refractivity contribution < 1.29 is 14.7 Å². The van der Waals surface area contributed by atoms with Crippen LogP contribution in [0, 0.1) is 0 Å². The van der Waals surface area contributed by atoms with E-state index < -0.39 is 12.0 Å². The first-order chi connectivity index (χ1) is 8.13. The minimum atomic E-state index is -1.04. The molecule has 2 N–H and O–H groups in total. The number of rotatable bonds is 5. The van der Waals surface area contributed by atoms with E-state index in [1.54, 1.807) is 0 Å². The Bertz CT molecular complexity index is 382. The number of hydrogen-bond acceptors (Lipinski definition) is 4. The van der Waals surface area contributed by atoms with Crippen molar-refractivity contribution in [2.75, 3.05) is 18.4 Å². The Morgan fingerprint density at radius 2 is 2.06 bits per heavy atom. The zero-order chi connectivity index (χ0) is 12.7. The number of carboxylic acid groups (broad SMARTS) is 1. The van der Waals surface area contributed by atoms with E-state index in [2.05, 4.69) is 15.3 Å². The van der Waals surface area contributed by atoms with E-state index in [0.717, 1.165) is 0 Å². The van der Waals surface area contributed by atoms with Crippen molar-refractivity contribution in [3.8, 4) is 0 Å². The van der Waals surface area contributed by atoms with Crippen LogP contribution in [-0.2, 0) is 4.79 Å². The lowest BCUT2D eigenvalue weighted by molar-refractivity contribution is -0.137. The summed E-state index contributed by atoms with van der Waals surface area (Å²) in [6.45, 7) is 1.92. The van der Waals surface area contributed by atoms with Crippen molar-refractivity contribution in [2.45, 2.75) is 13.3 Å². The molecule has 1 rings (SSSR count). The third-order valence-corrected chi connectivity index (χ3v) is 1.92. The van der Waals surface area contributed by atoms with Gasteiger partial charge in [0.2, 0.25) is 0 Å². The smallest absolute Gasteiger partial charge is 0.323 e. The van der Waals surface area contributed by atoms with Gasteiger partial charge in [0.05, 0.1) is 18.1 Å². The number of carboxylic acids is 1. The number of urea groups is 1. The first-order valence-corrected chi connectivity index (χ1v) is 5.16. The zero-order valence-electron chi connectivity index (χ0n) is 9.46. The van der Waals surface area contributed by atoms with Crippen LogP contribution in [0.1, 0.15) is 13.3 Å². The predicted molar refractivity (Wildman–Crippen MR) is 60.6 cm³/mol. The summed E-state index contributed by atoms with van der Waals surface area (Å²) in [5.74, 6) is -1.04. The largest absolute Gasteiger partial charge is 0.480 e. The fraction of sp³-hybridized carbons (Fsp3) is 0.400. The Kier molecular flexibility index (Phi) is 4.86. The van der Waals surface area contributed by atoms with Gasteiger partial charge in [0.1, 0.15) is 12.9 Å². The second-order valence-corrected chi connectivity index (χ2v) is 3.37. The molecule has 1 aromatic rings. The highest BCUT2D eigenvalue weighted by Gasteiger charge is 2.15. The van der Waals surface area contributed by atoms with Crippen molar-refractivity contribution in [3.63, 3.8) is 0 Å². The molecule has 0 bridgehead atoms. The molecule has 0 aromatic carbocycles. The maximum atomic E-state index is 11.7. The van der Waals surface area contributed by atoms with Crippen LogP contribution in [-0.4, -0.2) is 45.1 Å². The number of amides is 2. The van der Waals surface area contributed by atoms with E-state index in [-0.39, 0.29) is 6.54 Å². The second-order valence-electron chi connectivity index (χ2n) is 3.37.